The quantitative estimate of drug-likeness (QED) is 0.730. The van der Waals surface area contributed by atoms with E-state index < -0.39 is 0 Å². The topological polar surface area (TPSA) is 82.1 Å². The minimum atomic E-state index is -0.154. The summed E-state index contributed by atoms with van der Waals surface area (Å²) in [5, 5.41) is 12.8. The fourth-order valence-electron chi connectivity index (χ4n) is 3.80. The number of carbonyl (C=O) groups excluding carboxylic acids is 2. The van der Waals surface area contributed by atoms with Crippen LogP contribution in [-0.2, 0) is 17.9 Å². The fourth-order valence-corrected chi connectivity index (χ4v) is 3.80. The molecule has 1 aliphatic carbocycles. The maximum atomic E-state index is 13.0. The van der Waals surface area contributed by atoms with Gasteiger partial charge in [-0.1, -0.05) is 18.2 Å². The molecular weight excluding hydrogens is 382 g/mol. The van der Waals surface area contributed by atoms with Crippen molar-refractivity contribution >= 4 is 17.6 Å². The predicted octanol–water partition coefficient (Wildman–Crippen LogP) is 3.72. The Morgan fingerprint density at radius 3 is 2.77 bits per heavy atom. The third-order valence-corrected chi connectivity index (χ3v) is 5.57. The summed E-state index contributed by atoms with van der Waals surface area (Å²) < 4.78 is 5.18. The molecule has 1 aliphatic heterocycles. The minimum Gasteiger partial charge on any atom is -0.504 e. The van der Waals surface area contributed by atoms with Crippen LogP contribution in [0.5, 0.6) is 11.5 Å². The standard InChI is InChI=1S/C23H27N3O4/c1-30-21-13-17(7-10-20(21)27)15-26(19-8-9-19)23(29)24-18-5-2-4-16(12-18)14-25-11-3-6-22(25)28/h2,4-5,7,10,12-13,19,27H,3,6,8-9,11,14-15H2,1H3,(H,24,29). The van der Waals surface area contributed by atoms with Crippen LogP contribution in [0.25, 0.3) is 0 Å². The molecule has 0 unspecified atom stereocenters. The SMILES string of the molecule is COc1cc(CN(C(=O)Nc2cccc(CN3CCCC3=O)c2)C2CC2)ccc1O. The van der Waals surface area contributed by atoms with Crippen molar-refractivity contribution in [1.82, 2.24) is 9.80 Å². The zero-order valence-corrected chi connectivity index (χ0v) is 17.1. The van der Waals surface area contributed by atoms with Gasteiger partial charge in [0.25, 0.3) is 0 Å². The van der Waals surface area contributed by atoms with Gasteiger partial charge in [-0.2, -0.15) is 0 Å². The molecule has 0 aromatic heterocycles. The lowest BCUT2D eigenvalue weighted by Crippen LogP contribution is -2.36. The summed E-state index contributed by atoms with van der Waals surface area (Å²) in [6, 6.07) is 12.9. The van der Waals surface area contributed by atoms with Crippen LogP contribution in [-0.4, -0.2) is 46.5 Å². The Balaban J connectivity index is 1.43. The molecule has 1 saturated heterocycles. The smallest absolute Gasteiger partial charge is 0.322 e. The van der Waals surface area contributed by atoms with Gasteiger partial charge in [0.15, 0.2) is 11.5 Å². The number of benzene rings is 2. The Morgan fingerprint density at radius 2 is 2.07 bits per heavy atom. The second-order valence-corrected chi connectivity index (χ2v) is 7.91. The van der Waals surface area contributed by atoms with Crippen LogP contribution in [0.4, 0.5) is 10.5 Å². The Hall–Kier alpha value is -3.22. The molecule has 2 N–H and O–H groups in total. The highest BCUT2D eigenvalue weighted by Crippen LogP contribution is 2.32. The number of ether oxygens (including phenoxy) is 1. The predicted molar refractivity (Wildman–Crippen MR) is 113 cm³/mol. The molecule has 1 heterocycles. The second kappa shape index (κ2) is 8.65. The van der Waals surface area contributed by atoms with Gasteiger partial charge in [0.05, 0.1) is 7.11 Å². The molecule has 1 saturated carbocycles. The van der Waals surface area contributed by atoms with Crippen LogP contribution >= 0.6 is 0 Å². The average molecular weight is 409 g/mol. The summed E-state index contributed by atoms with van der Waals surface area (Å²) >= 11 is 0. The van der Waals surface area contributed by atoms with Crippen molar-refractivity contribution in [3.05, 3.63) is 53.6 Å². The molecule has 0 bridgehead atoms. The number of amides is 3. The molecule has 4 rings (SSSR count). The van der Waals surface area contributed by atoms with E-state index in [2.05, 4.69) is 5.32 Å². The molecule has 2 aromatic carbocycles. The van der Waals surface area contributed by atoms with E-state index in [9.17, 15) is 14.7 Å². The lowest BCUT2D eigenvalue weighted by molar-refractivity contribution is -0.128. The Kier molecular flexibility index (Phi) is 5.79. The van der Waals surface area contributed by atoms with Crippen molar-refractivity contribution < 1.29 is 19.4 Å². The number of phenolic OH excluding ortho intramolecular Hbond substituents is 1. The summed E-state index contributed by atoms with van der Waals surface area (Å²) in [6.07, 6.45) is 3.50. The normalized spacial score (nSPS) is 15.9. The van der Waals surface area contributed by atoms with Crippen molar-refractivity contribution in [1.29, 1.82) is 0 Å². The number of hydrogen-bond donors (Lipinski definition) is 2. The number of phenols is 1. The number of methoxy groups -OCH3 is 1. The van der Waals surface area contributed by atoms with Crippen LogP contribution < -0.4 is 10.1 Å². The average Bonchev–Trinajstić information content (AvgIpc) is 3.50. The van der Waals surface area contributed by atoms with Crippen molar-refractivity contribution in [2.24, 2.45) is 0 Å². The fraction of sp³-hybridized carbons (Fsp3) is 0.391. The van der Waals surface area contributed by atoms with Crippen molar-refractivity contribution in [2.75, 3.05) is 19.0 Å². The molecule has 2 aromatic rings. The van der Waals surface area contributed by atoms with Gasteiger partial charge < -0.3 is 25.0 Å². The van der Waals surface area contributed by atoms with Gasteiger partial charge in [0.2, 0.25) is 5.91 Å². The lowest BCUT2D eigenvalue weighted by Gasteiger charge is -2.24. The first-order valence-corrected chi connectivity index (χ1v) is 10.3. The van der Waals surface area contributed by atoms with Gasteiger partial charge in [-0.25, -0.2) is 4.79 Å². The van der Waals surface area contributed by atoms with E-state index in [1.807, 2.05) is 34.1 Å². The van der Waals surface area contributed by atoms with Gasteiger partial charge in [0.1, 0.15) is 0 Å². The Labute approximate surface area is 176 Å². The first-order valence-electron chi connectivity index (χ1n) is 10.3. The van der Waals surface area contributed by atoms with Crippen LogP contribution in [0, 0.1) is 0 Å². The summed E-state index contributed by atoms with van der Waals surface area (Å²) in [5.41, 5.74) is 2.62. The van der Waals surface area contributed by atoms with E-state index in [1.165, 1.54) is 7.11 Å². The van der Waals surface area contributed by atoms with Crippen molar-refractivity contribution in [2.45, 2.75) is 44.8 Å². The first kappa shape index (κ1) is 20.1. The number of urea groups is 1. The molecule has 0 atom stereocenters. The van der Waals surface area contributed by atoms with Crippen molar-refractivity contribution in [3.8, 4) is 11.5 Å². The van der Waals surface area contributed by atoms with E-state index in [1.54, 1.807) is 18.2 Å². The van der Waals surface area contributed by atoms with Gasteiger partial charge in [0, 0.05) is 37.8 Å². The largest absolute Gasteiger partial charge is 0.504 e. The Bertz CT molecular complexity index is 942. The highest BCUT2D eigenvalue weighted by atomic mass is 16.5. The zero-order chi connectivity index (χ0) is 21.1. The van der Waals surface area contributed by atoms with E-state index in [-0.39, 0.29) is 23.7 Å². The van der Waals surface area contributed by atoms with E-state index >= 15 is 0 Å². The Morgan fingerprint density at radius 1 is 1.23 bits per heavy atom. The number of nitrogens with one attached hydrogen (secondary N) is 1. The van der Waals surface area contributed by atoms with Crippen molar-refractivity contribution in [3.63, 3.8) is 0 Å². The van der Waals surface area contributed by atoms with E-state index in [4.69, 9.17) is 4.74 Å². The maximum Gasteiger partial charge on any atom is 0.322 e. The highest BCUT2D eigenvalue weighted by molar-refractivity contribution is 5.90. The number of nitrogens with zero attached hydrogens (tertiary/aromatic N) is 2. The number of rotatable bonds is 7. The van der Waals surface area contributed by atoms with Gasteiger partial charge >= 0.3 is 6.03 Å². The second-order valence-electron chi connectivity index (χ2n) is 7.91. The van der Waals surface area contributed by atoms with Gasteiger partial charge in [-0.05, 0) is 54.7 Å². The van der Waals surface area contributed by atoms with Crippen LogP contribution in [0.3, 0.4) is 0 Å². The first-order chi connectivity index (χ1) is 14.5. The number of likely N-dealkylation sites (tertiary alicyclic amines) is 1. The number of carbonyl (C=O) groups is 2. The molecule has 3 amide bonds. The third-order valence-electron chi connectivity index (χ3n) is 5.57. The highest BCUT2D eigenvalue weighted by Gasteiger charge is 2.33. The molecule has 158 valence electrons. The number of aromatic hydroxyl groups is 1. The molecule has 7 heteroatoms. The summed E-state index contributed by atoms with van der Waals surface area (Å²) in [5.74, 6) is 0.665. The summed E-state index contributed by atoms with van der Waals surface area (Å²) in [4.78, 5) is 28.6. The number of anilines is 1. The molecule has 2 aliphatic rings. The van der Waals surface area contributed by atoms with Crippen LogP contribution in [0.15, 0.2) is 42.5 Å². The number of hydrogen-bond acceptors (Lipinski definition) is 4. The molecular formula is C23H27N3O4. The lowest BCUT2D eigenvalue weighted by atomic mass is 10.2. The molecule has 2 fully saturated rings. The molecule has 7 nitrogen and oxygen atoms in total. The molecule has 0 radical (unpaired) electrons. The van der Waals surface area contributed by atoms with Gasteiger partial charge in [-0.3, -0.25) is 4.79 Å². The molecule has 0 spiro atoms. The zero-order valence-electron chi connectivity index (χ0n) is 17.1. The van der Waals surface area contributed by atoms with Crippen LogP contribution in [0.2, 0.25) is 0 Å². The van der Waals surface area contributed by atoms with E-state index in [0.717, 1.165) is 42.6 Å². The van der Waals surface area contributed by atoms with Gasteiger partial charge in [-0.15, -0.1) is 0 Å². The summed E-state index contributed by atoms with van der Waals surface area (Å²) in [6.45, 7) is 1.80. The monoisotopic (exact) mass is 409 g/mol. The summed E-state index contributed by atoms with van der Waals surface area (Å²) in [7, 11) is 1.51. The maximum absolute atomic E-state index is 13.0. The van der Waals surface area contributed by atoms with Crippen LogP contribution in [0.1, 0.15) is 36.8 Å². The third kappa shape index (κ3) is 4.67. The van der Waals surface area contributed by atoms with E-state index in [0.29, 0.717) is 25.3 Å². The molecule has 30 heavy (non-hydrogen) atoms. The minimum absolute atomic E-state index is 0.0805.